The fourth-order valence-electron chi connectivity index (χ4n) is 3.63. The second-order valence-electron chi connectivity index (χ2n) is 7.74. The van der Waals surface area contributed by atoms with Gasteiger partial charge in [-0.25, -0.2) is 0 Å². The number of benzene rings is 2. The average Bonchev–Trinajstić information content (AvgIpc) is 2.77. The summed E-state index contributed by atoms with van der Waals surface area (Å²) in [5.41, 5.74) is 4.60. The van der Waals surface area contributed by atoms with E-state index in [1.165, 1.54) is 0 Å². The number of fused-ring (bicyclic) bond motifs is 1. The highest BCUT2D eigenvalue weighted by atomic mass is 16.5. The topological polar surface area (TPSA) is 55.8 Å². The van der Waals surface area contributed by atoms with Crippen LogP contribution in [0.1, 0.15) is 45.1 Å². The van der Waals surface area contributed by atoms with E-state index >= 15 is 0 Å². The molecule has 0 saturated carbocycles. The molecule has 0 bridgehead atoms. The summed E-state index contributed by atoms with van der Waals surface area (Å²) in [6, 6.07) is 13.9. The summed E-state index contributed by atoms with van der Waals surface area (Å²) in [6.45, 7) is 6.24. The number of unbranched alkanes of at least 4 members (excludes halogenated alkanes) is 1. The second-order valence-corrected chi connectivity index (χ2v) is 7.74. The molecule has 0 N–H and O–H groups in total. The molecule has 5 heteroatoms. The van der Waals surface area contributed by atoms with Gasteiger partial charge in [0, 0.05) is 13.2 Å². The molecule has 31 heavy (non-hydrogen) atoms. The van der Waals surface area contributed by atoms with Crippen LogP contribution in [0.5, 0.6) is 5.75 Å². The van der Waals surface area contributed by atoms with Crippen LogP contribution in [0.4, 0.5) is 5.69 Å². The normalized spacial score (nSPS) is 15.3. The van der Waals surface area contributed by atoms with Crippen molar-refractivity contribution in [1.82, 2.24) is 0 Å². The molecule has 164 valence electrons. The maximum atomic E-state index is 12.0. The number of allylic oxidation sites excluding steroid dienone is 1. The van der Waals surface area contributed by atoms with Crippen molar-refractivity contribution in [2.24, 2.45) is 0 Å². The molecule has 5 nitrogen and oxygen atoms in total. The van der Waals surface area contributed by atoms with Crippen LogP contribution < -0.4 is 9.64 Å². The van der Waals surface area contributed by atoms with E-state index in [-0.39, 0.29) is 5.78 Å². The van der Waals surface area contributed by atoms with E-state index in [4.69, 9.17) is 9.47 Å². The van der Waals surface area contributed by atoms with Crippen LogP contribution in [-0.2, 0) is 14.3 Å². The van der Waals surface area contributed by atoms with E-state index in [2.05, 4.69) is 6.92 Å². The van der Waals surface area contributed by atoms with Crippen LogP contribution in [0.3, 0.4) is 0 Å². The molecule has 1 aliphatic rings. The third-order valence-corrected chi connectivity index (χ3v) is 5.42. The van der Waals surface area contributed by atoms with Gasteiger partial charge in [0.25, 0.3) is 0 Å². The molecule has 0 radical (unpaired) electrons. The fraction of sp³-hybridized carbons (Fsp3) is 0.385. The molecule has 0 unspecified atom stereocenters. The zero-order chi connectivity index (χ0) is 22.1. The maximum Gasteiger partial charge on any atom is 0.214 e. The largest absolute Gasteiger partial charge is 0.491 e. The van der Waals surface area contributed by atoms with Gasteiger partial charge in [-0.05, 0) is 78.8 Å². The third-order valence-electron chi connectivity index (χ3n) is 5.42. The molecule has 0 saturated heterocycles. The molecule has 1 amide bonds. The predicted octanol–water partition coefficient (Wildman–Crippen LogP) is 5.28. The van der Waals surface area contributed by atoms with Crippen molar-refractivity contribution >= 4 is 24.0 Å². The first-order valence-corrected chi connectivity index (χ1v) is 11.0. The van der Waals surface area contributed by atoms with Crippen LogP contribution in [-0.4, -0.2) is 38.6 Å². The van der Waals surface area contributed by atoms with E-state index in [0.717, 1.165) is 66.0 Å². The zero-order valence-electron chi connectivity index (χ0n) is 18.4. The first kappa shape index (κ1) is 22.8. The molecule has 0 fully saturated rings. The fourth-order valence-corrected chi connectivity index (χ4v) is 3.63. The van der Waals surface area contributed by atoms with Gasteiger partial charge in [0.2, 0.25) is 6.41 Å². The Labute approximate surface area is 184 Å². The Hall–Kier alpha value is -2.92. The Kier molecular flexibility index (Phi) is 8.42. The van der Waals surface area contributed by atoms with Crippen LogP contribution in [0.15, 0.2) is 48.0 Å². The standard InChI is InChI=1S/C26H31NO4/c1-3-4-14-30-15-16-31-25-10-7-21(8-11-25)23-9-12-26-24(18-23)17-22(20(2)29)6-5-13-27(26)19-28/h7-12,17-19H,3-6,13-16H2,1-2H3/b22-17+. The van der Waals surface area contributed by atoms with Gasteiger partial charge in [-0.1, -0.05) is 31.5 Å². The number of rotatable bonds is 10. The molecule has 0 atom stereocenters. The Morgan fingerprint density at radius 2 is 1.84 bits per heavy atom. The monoisotopic (exact) mass is 421 g/mol. The van der Waals surface area contributed by atoms with E-state index in [9.17, 15) is 9.59 Å². The first-order valence-electron chi connectivity index (χ1n) is 11.0. The summed E-state index contributed by atoms with van der Waals surface area (Å²) in [4.78, 5) is 25.3. The number of hydrogen-bond acceptors (Lipinski definition) is 4. The minimum atomic E-state index is 0.0797. The predicted molar refractivity (Wildman–Crippen MR) is 124 cm³/mol. The van der Waals surface area contributed by atoms with E-state index < -0.39 is 0 Å². The summed E-state index contributed by atoms with van der Waals surface area (Å²) in [7, 11) is 0. The summed E-state index contributed by atoms with van der Waals surface area (Å²) in [5.74, 6) is 0.885. The first-order chi connectivity index (χ1) is 15.1. The van der Waals surface area contributed by atoms with Crippen LogP contribution in [0.25, 0.3) is 17.2 Å². The van der Waals surface area contributed by atoms with Crippen molar-refractivity contribution in [2.75, 3.05) is 31.3 Å². The van der Waals surface area contributed by atoms with Gasteiger partial charge in [-0.3, -0.25) is 9.59 Å². The number of hydrogen-bond donors (Lipinski definition) is 0. The number of carbonyl (C=O) groups excluding carboxylic acids is 2. The van der Waals surface area contributed by atoms with Crippen molar-refractivity contribution in [2.45, 2.75) is 39.5 Å². The molecule has 1 heterocycles. The molecular weight excluding hydrogens is 390 g/mol. The Morgan fingerprint density at radius 3 is 2.55 bits per heavy atom. The molecular formula is C26H31NO4. The van der Waals surface area contributed by atoms with Gasteiger partial charge < -0.3 is 14.4 Å². The number of anilines is 1. The van der Waals surface area contributed by atoms with E-state index in [1.807, 2.05) is 48.5 Å². The number of amides is 1. The van der Waals surface area contributed by atoms with E-state index in [0.29, 0.717) is 26.2 Å². The zero-order valence-corrected chi connectivity index (χ0v) is 18.4. The molecule has 0 spiro atoms. The molecule has 2 aromatic rings. The Balaban J connectivity index is 1.75. The van der Waals surface area contributed by atoms with Crippen molar-refractivity contribution in [3.05, 3.63) is 53.6 Å². The minimum Gasteiger partial charge on any atom is -0.491 e. The quantitative estimate of drug-likeness (QED) is 0.387. The van der Waals surface area contributed by atoms with Gasteiger partial charge >= 0.3 is 0 Å². The van der Waals surface area contributed by atoms with Gasteiger partial charge in [-0.15, -0.1) is 0 Å². The van der Waals surface area contributed by atoms with Gasteiger partial charge in [-0.2, -0.15) is 0 Å². The third kappa shape index (κ3) is 6.28. The highest BCUT2D eigenvalue weighted by Gasteiger charge is 2.16. The summed E-state index contributed by atoms with van der Waals surface area (Å²) >= 11 is 0. The van der Waals surface area contributed by atoms with Gasteiger partial charge in [0.1, 0.15) is 12.4 Å². The average molecular weight is 422 g/mol. The lowest BCUT2D eigenvalue weighted by atomic mass is 9.96. The number of nitrogens with zero attached hydrogens (tertiary/aromatic N) is 1. The van der Waals surface area contributed by atoms with Gasteiger partial charge in [0.15, 0.2) is 5.78 Å². The van der Waals surface area contributed by atoms with Crippen molar-refractivity contribution in [3.8, 4) is 16.9 Å². The van der Waals surface area contributed by atoms with Crippen LogP contribution >= 0.6 is 0 Å². The highest BCUT2D eigenvalue weighted by molar-refractivity contribution is 5.99. The van der Waals surface area contributed by atoms with E-state index in [1.54, 1.807) is 11.8 Å². The van der Waals surface area contributed by atoms with Crippen molar-refractivity contribution in [3.63, 3.8) is 0 Å². The lowest BCUT2D eigenvalue weighted by Crippen LogP contribution is -2.24. The second kappa shape index (κ2) is 11.5. The van der Waals surface area contributed by atoms with Crippen LogP contribution in [0.2, 0.25) is 0 Å². The van der Waals surface area contributed by atoms with Crippen molar-refractivity contribution < 1.29 is 19.1 Å². The number of ketones is 1. The SMILES string of the molecule is CCCCOCCOc1ccc(-c2ccc3c(c2)/C=C(/C(C)=O)CCCN3C=O)cc1. The summed E-state index contributed by atoms with van der Waals surface area (Å²) in [5, 5.41) is 0. The Bertz CT molecular complexity index is 918. The molecule has 3 rings (SSSR count). The highest BCUT2D eigenvalue weighted by Crippen LogP contribution is 2.32. The summed E-state index contributed by atoms with van der Waals surface area (Å²) in [6.07, 6.45) is 6.44. The number of carbonyl (C=O) groups is 2. The molecule has 0 aromatic heterocycles. The lowest BCUT2D eigenvalue weighted by molar-refractivity contribution is -0.113. The van der Waals surface area contributed by atoms with Gasteiger partial charge in [0.05, 0.1) is 12.3 Å². The summed E-state index contributed by atoms with van der Waals surface area (Å²) < 4.78 is 11.3. The lowest BCUT2D eigenvalue weighted by Gasteiger charge is -2.23. The smallest absolute Gasteiger partial charge is 0.214 e. The molecule has 2 aromatic carbocycles. The Morgan fingerprint density at radius 1 is 1.06 bits per heavy atom. The van der Waals surface area contributed by atoms with Crippen LogP contribution in [0, 0.1) is 0 Å². The van der Waals surface area contributed by atoms with Crippen molar-refractivity contribution in [1.29, 1.82) is 0 Å². The minimum absolute atomic E-state index is 0.0797. The maximum absolute atomic E-state index is 12.0. The molecule has 1 aliphatic heterocycles. The number of Topliss-reactive ketones (excluding diaryl/α,β-unsaturated/α-hetero) is 1. The number of ether oxygens (including phenoxy) is 2. The molecule has 0 aliphatic carbocycles.